The first-order valence-electron chi connectivity index (χ1n) is 8.13. The Hall–Kier alpha value is -2.35. The van der Waals surface area contributed by atoms with Crippen molar-refractivity contribution in [3.05, 3.63) is 70.5 Å². The van der Waals surface area contributed by atoms with Gasteiger partial charge in [-0.3, -0.25) is 9.69 Å². The van der Waals surface area contributed by atoms with Crippen molar-refractivity contribution < 1.29 is 9.18 Å². The van der Waals surface area contributed by atoms with Crippen LogP contribution >= 0.6 is 11.6 Å². The molecule has 3 nitrogen and oxygen atoms in total. The van der Waals surface area contributed by atoms with E-state index in [9.17, 15) is 9.18 Å². The van der Waals surface area contributed by atoms with Gasteiger partial charge < -0.3 is 4.90 Å². The molecule has 1 amide bonds. The van der Waals surface area contributed by atoms with Crippen molar-refractivity contribution in [2.24, 2.45) is 0 Å². The molecular formula is C20H18ClFN2O. The van der Waals surface area contributed by atoms with E-state index in [1.54, 1.807) is 17.0 Å². The summed E-state index contributed by atoms with van der Waals surface area (Å²) in [7, 11) is 0. The molecule has 1 fully saturated rings. The number of halogens is 2. The van der Waals surface area contributed by atoms with Gasteiger partial charge in [0.2, 0.25) is 0 Å². The summed E-state index contributed by atoms with van der Waals surface area (Å²) in [6, 6.07) is 13.6. The standard InChI is InChI=1S/C20H18ClFN2O/c21-18-6-1-17(2-7-18)15-23-11-13-24(14-12-23)20(25)10-5-16-3-8-19(22)9-4-16/h1-4,6-9H,11-15H2. The van der Waals surface area contributed by atoms with E-state index in [0.717, 1.165) is 24.7 Å². The fourth-order valence-electron chi connectivity index (χ4n) is 2.70. The summed E-state index contributed by atoms with van der Waals surface area (Å²) >= 11 is 5.90. The van der Waals surface area contributed by atoms with Crippen LogP contribution in [0.5, 0.6) is 0 Å². The van der Waals surface area contributed by atoms with Crippen LogP contribution in [0.3, 0.4) is 0 Å². The molecule has 0 unspecified atom stereocenters. The second-order valence-electron chi connectivity index (χ2n) is 5.95. The van der Waals surface area contributed by atoms with Gasteiger partial charge in [-0.05, 0) is 42.0 Å². The summed E-state index contributed by atoms with van der Waals surface area (Å²) in [5.41, 5.74) is 1.84. The molecule has 3 rings (SSSR count). The largest absolute Gasteiger partial charge is 0.329 e. The van der Waals surface area contributed by atoms with Gasteiger partial charge >= 0.3 is 0 Å². The molecule has 25 heavy (non-hydrogen) atoms. The highest BCUT2D eigenvalue weighted by molar-refractivity contribution is 6.30. The number of rotatable bonds is 2. The highest BCUT2D eigenvalue weighted by atomic mass is 35.5. The zero-order valence-corrected chi connectivity index (χ0v) is 14.5. The maximum absolute atomic E-state index is 12.9. The molecular weight excluding hydrogens is 339 g/mol. The van der Waals surface area contributed by atoms with Crippen LogP contribution in [-0.2, 0) is 11.3 Å². The van der Waals surface area contributed by atoms with Gasteiger partial charge in [0.15, 0.2) is 0 Å². The third-order valence-corrected chi connectivity index (χ3v) is 4.39. The Labute approximate surface area is 152 Å². The van der Waals surface area contributed by atoms with Crippen LogP contribution in [0.4, 0.5) is 4.39 Å². The lowest BCUT2D eigenvalue weighted by atomic mass is 10.2. The third kappa shape index (κ3) is 5.06. The second kappa shape index (κ2) is 8.15. The van der Waals surface area contributed by atoms with Crippen molar-refractivity contribution in [1.82, 2.24) is 9.80 Å². The fraction of sp³-hybridized carbons (Fsp3) is 0.250. The highest BCUT2D eigenvalue weighted by Crippen LogP contribution is 2.13. The van der Waals surface area contributed by atoms with Crippen LogP contribution < -0.4 is 0 Å². The average molecular weight is 357 g/mol. The molecule has 0 radical (unpaired) electrons. The van der Waals surface area contributed by atoms with Gasteiger partial charge in [0, 0.05) is 49.2 Å². The Balaban J connectivity index is 1.51. The van der Waals surface area contributed by atoms with Crippen LogP contribution in [0.1, 0.15) is 11.1 Å². The molecule has 5 heteroatoms. The lowest BCUT2D eigenvalue weighted by Crippen LogP contribution is -2.47. The molecule has 0 bridgehead atoms. The van der Waals surface area contributed by atoms with E-state index in [0.29, 0.717) is 18.7 Å². The quantitative estimate of drug-likeness (QED) is 0.772. The third-order valence-electron chi connectivity index (χ3n) is 4.14. The molecule has 128 valence electrons. The summed E-state index contributed by atoms with van der Waals surface area (Å²) in [6.45, 7) is 3.79. The van der Waals surface area contributed by atoms with Gasteiger partial charge in [0.1, 0.15) is 5.82 Å². The number of hydrogen-bond acceptors (Lipinski definition) is 2. The number of carbonyl (C=O) groups excluding carboxylic acids is 1. The van der Waals surface area contributed by atoms with Gasteiger partial charge in [-0.25, -0.2) is 4.39 Å². The predicted molar refractivity (Wildman–Crippen MR) is 96.6 cm³/mol. The molecule has 1 aliphatic heterocycles. The highest BCUT2D eigenvalue weighted by Gasteiger charge is 2.19. The number of benzene rings is 2. The number of piperazine rings is 1. The molecule has 0 spiro atoms. The second-order valence-corrected chi connectivity index (χ2v) is 6.39. The normalized spacial score (nSPS) is 14.7. The SMILES string of the molecule is O=C(C#Cc1ccc(F)cc1)N1CCN(Cc2ccc(Cl)cc2)CC1. The molecule has 2 aromatic carbocycles. The van der Waals surface area contributed by atoms with Gasteiger partial charge in [0.05, 0.1) is 0 Å². The van der Waals surface area contributed by atoms with Crippen molar-refractivity contribution in [1.29, 1.82) is 0 Å². The summed E-state index contributed by atoms with van der Waals surface area (Å²) in [4.78, 5) is 16.3. The molecule has 0 N–H and O–H groups in total. The Kier molecular flexibility index (Phi) is 5.70. The first kappa shape index (κ1) is 17.5. The first-order valence-corrected chi connectivity index (χ1v) is 8.51. The average Bonchev–Trinajstić information content (AvgIpc) is 2.63. The lowest BCUT2D eigenvalue weighted by Gasteiger charge is -2.33. The van der Waals surface area contributed by atoms with Crippen molar-refractivity contribution in [2.45, 2.75) is 6.54 Å². The summed E-state index contributed by atoms with van der Waals surface area (Å²) in [5.74, 6) is 4.94. The van der Waals surface area contributed by atoms with Gasteiger partial charge in [0.25, 0.3) is 5.91 Å². The predicted octanol–water partition coefficient (Wildman–Crippen LogP) is 3.18. The van der Waals surface area contributed by atoms with Crippen LogP contribution in [0, 0.1) is 17.7 Å². The Bertz CT molecular complexity index is 785. The molecule has 0 saturated carbocycles. The monoisotopic (exact) mass is 356 g/mol. The van der Waals surface area contributed by atoms with Crippen molar-refractivity contribution in [3.63, 3.8) is 0 Å². The smallest absolute Gasteiger partial charge is 0.298 e. The van der Waals surface area contributed by atoms with Crippen molar-refractivity contribution in [3.8, 4) is 11.8 Å². The Morgan fingerprint density at radius 2 is 1.64 bits per heavy atom. The molecule has 1 aliphatic rings. The topological polar surface area (TPSA) is 23.6 Å². The number of nitrogens with zero attached hydrogens (tertiary/aromatic N) is 2. The number of carbonyl (C=O) groups is 1. The summed E-state index contributed by atoms with van der Waals surface area (Å²) in [6.07, 6.45) is 0. The van der Waals surface area contributed by atoms with Crippen LogP contribution in [0.25, 0.3) is 0 Å². The molecule has 1 heterocycles. The van der Waals surface area contributed by atoms with Gasteiger partial charge in [-0.1, -0.05) is 29.7 Å². The maximum Gasteiger partial charge on any atom is 0.298 e. The van der Waals surface area contributed by atoms with Crippen LogP contribution in [0.2, 0.25) is 5.02 Å². The molecule has 1 saturated heterocycles. The minimum absolute atomic E-state index is 0.185. The Morgan fingerprint density at radius 1 is 1.00 bits per heavy atom. The van der Waals surface area contributed by atoms with E-state index in [1.165, 1.54) is 17.7 Å². The fourth-order valence-corrected chi connectivity index (χ4v) is 2.82. The maximum atomic E-state index is 12.9. The van der Waals surface area contributed by atoms with E-state index in [4.69, 9.17) is 11.6 Å². The van der Waals surface area contributed by atoms with Crippen LogP contribution in [0.15, 0.2) is 48.5 Å². The molecule has 0 atom stereocenters. The molecule has 0 aromatic heterocycles. The number of hydrogen-bond donors (Lipinski definition) is 0. The van der Waals surface area contributed by atoms with Gasteiger partial charge in [-0.2, -0.15) is 0 Å². The van der Waals surface area contributed by atoms with Crippen LogP contribution in [-0.4, -0.2) is 41.9 Å². The Morgan fingerprint density at radius 3 is 2.28 bits per heavy atom. The first-order chi connectivity index (χ1) is 12.1. The van der Waals surface area contributed by atoms with E-state index in [1.807, 2.05) is 24.3 Å². The zero-order valence-electron chi connectivity index (χ0n) is 13.7. The summed E-state index contributed by atoms with van der Waals surface area (Å²) in [5, 5.41) is 0.735. The van der Waals surface area contributed by atoms with E-state index in [2.05, 4.69) is 16.7 Å². The minimum atomic E-state index is -0.311. The van der Waals surface area contributed by atoms with Crippen molar-refractivity contribution in [2.75, 3.05) is 26.2 Å². The molecule has 2 aromatic rings. The minimum Gasteiger partial charge on any atom is -0.329 e. The molecule has 0 aliphatic carbocycles. The van der Waals surface area contributed by atoms with E-state index < -0.39 is 0 Å². The lowest BCUT2D eigenvalue weighted by molar-refractivity contribution is -0.126. The van der Waals surface area contributed by atoms with Gasteiger partial charge in [-0.15, -0.1) is 0 Å². The number of amides is 1. The summed E-state index contributed by atoms with van der Waals surface area (Å²) < 4.78 is 12.9. The van der Waals surface area contributed by atoms with Crippen molar-refractivity contribution >= 4 is 17.5 Å². The van der Waals surface area contributed by atoms with E-state index in [-0.39, 0.29) is 11.7 Å². The van der Waals surface area contributed by atoms with E-state index >= 15 is 0 Å². The zero-order chi connectivity index (χ0) is 17.6.